The molecule has 0 radical (unpaired) electrons. The number of amides is 1. The second-order valence-corrected chi connectivity index (χ2v) is 8.46. The van der Waals surface area contributed by atoms with Crippen LogP contribution in [0.1, 0.15) is 35.7 Å². The summed E-state index contributed by atoms with van der Waals surface area (Å²) in [5, 5.41) is 4.29. The highest BCUT2D eigenvalue weighted by atomic mass is 32.1. The van der Waals surface area contributed by atoms with Crippen LogP contribution in [0.4, 0.5) is 23.2 Å². The molecule has 1 aromatic heterocycles. The lowest BCUT2D eigenvalue weighted by Crippen LogP contribution is -2.35. The molecule has 0 aliphatic heterocycles. The van der Waals surface area contributed by atoms with Gasteiger partial charge in [-0.3, -0.25) is 10.1 Å². The van der Waals surface area contributed by atoms with Gasteiger partial charge in [-0.1, -0.05) is 19.9 Å². The molecule has 2 N–H and O–H groups in total. The first-order valence-electron chi connectivity index (χ1n) is 10.6. The molecule has 0 fully saturated rings. The third-order valence-electron chi connectivity index (χ3n) is 5.35. The number of thiocarbonyl (C=S) groups is 1. The Balaban J connectivity index is 1.47. The number of anilines is 1. The minimum atomic E-state index is -1.91. The van der Waals surface area contributed by atoms with Gasteiger partial charge in [-0.2, -0.15) is 8.78 Å². The molecule has 0 atom stereocenters. The number of carbonyl (C=O) groups excluding carboxylic acids is 1. The van der Waals surface area contributed by atoms with E-state index in [1.165, 1.54) is 0 Å². The number of oxazole rings is 1. The third kappa shape index (κ3) is 4.74. The highest BCUT2D eigenvalue weighted by Crippen LogP contribution is 2.30. The summed E-state index contributed by atoms with van der Waals surface area (Å²) in [6.07, 6.45) is 0. The minimum absolute atomic E-state index is 0.347. The number of ether oxygens (including phenoxy) is 1. The van der Waals surface area contributed by atoms with Crippen molar-refractivity contribution < 1.29 is 31.5 Å². The van der Waals surface area contributed by atoms with Crippen molar-refractivity contribution in [2.75, 3.05) is 12.4 Å². The summed E-state index contributed by atoms with van der Waals surface area (Å²) in [5.74, 6) is -9.49. The Hall–Kier alpha value is -3.99. The Bertz CT molecular complexity index is 1460. The quantitative estimate of drug-likeness (QED) is 0.184. The van der Waals surface area contributed by atoms with E-state index < -0.39 is 40.5 Å². The summed E-state index contributed by atoms with van der Waals surface area (Å²) >= 11 is 4.99. The first kappa shape index (κ1) is 25.1. The number of halogens is 4. The molecular weight excluding hydrogens is 498 g/mol. The van der Waals surface area contributed by atoms with E-state index in [2.05, 4.69) is 28.9 Å². The summed E-state index contributed by atoms with van der Waals surface area (Å²) < 4.78 is 66.2. The fraction of sp³-hybridized carbons (Fsp3) is 0.160. The SMILES string of the molecule is COc1c(F)c(F)c(C(=O)NC(=S)Nc2ccc(-c3nc4cc(C(C)C)ccc4o3)cc2)c(F)c1F. The fourth-order valence-corrected chi connectivity index (χ4v) is 3.65. The smallest absolute Gasteiger partial charge is 0.263 e. The molecule has 186 valence electrons. The molecule has 0 saturated carbocycles. The maximum Gasteiger partial charge on any atom is 0.263 e. The normalized spacial score (nSPS) is 11.1. The number of carbonyl (C=O) groups is 1. The van der Waals surface area contributed by atoms with Gasteiger partial charge in [0.1, 0.15) is 11.1 Å². The number of rotatable bonds is 5. The van der Waals surface area contributed by atoms with Crippen molar-refractivity contribution in [3.05, 3.63) is 76.9 Å². The molecule has 1 heterocycles. The van der Waals surface area contributed by atoms with Crippen LogP contribution in [0.25, 0.3) is 22.6 Å². The van der Waals surface area contributed by atoms with Crippen LogP contribution in [0.5, 0.6) is 5.75 Å². The van der Waals surface area contributed by atoms with Gasteiger partial charge in [0.05, 0.1) is 7.11 Å². The summed E-state index contributed by atoms with van der Waals surface area (Å²) in [5.41, 5.74) is 2.13. The van der Waals surface area contributed by atoms with E-state index in [9.17, 15) is 22.4 Å². The molecule has 1 amide bonds. The van der Waals surface area contributed by atoms with Crippen LogP contribution in [0.2, 0.25) is 0 Å². The zero-order valence-electron chi connectivity index (χ0n) is 19.2. The van der Waals surface area contributed by atoms with Crippen LogP contribution < -0.4 is 15.4 Å². The third-order valence-corrected chi connectivity index (χ3v) is 5.55. The van der Waals surface area contributed by atoms with E-state index in [-0.39, 0.29) is 5.11 Å². The van der Waals surface area contributed by atoms with Crippen molar-refractivity contribution in [3.63, 3.8) is 0 Å². The van der Waals surface area contributed by atoms with Crippen molar-refractivity contribution in [2.45, 2.75) is 19.8 Å². The molecule has 0 spiro atoms. The van der Waals surface area contributed by atoms with E-state index in [1.807, 2.05) is 23.5 Å². The zero-order valence-corrected chi connectivity index (χ0v) is 20.0. The Morgan fingerprint density at radius 2 is 1.64 bits per heavy atom. The summed E-state index contributed by atoms with van der Waals surface area (Å²) in [4.78, 5) is 16.8. The molecule has 4 aromatic rings. The highest BCUT2D eigenvalue weighted by Gasteiger charge is 2.30. The van der Waals surface area contributed by atoms with E-state index in [4.69, 9.17) is 16.6 Å². The van der Waals surface area contributed by atoms with Gasteiger partial charge < -0.3 is 14.5 Å². The van der Waals surface area contributed by atoms with Gasteiger partial charge in [0, 0.05) is 11.3 Å². The highest BCUT2D eigenvalue weighted by molar-refractivity contribution is 7.80. The van der Waals surface area contributed by atoms with Gasteiger partial charge in [0.15, 0.2) is 28.1 Å². The van der Waals surface area contributed by atoms with Crippen molar-refractivity contribution in [1.29, 1.82) is 0 Å². The largest absolute Gasteiger partial charge is 0.491 e. The number of benzene rings is 3. The first-order valence-corrected chi connectivity index (χ1v) is 11.0. The molecule has 0 unspecified atom stereocenters. The Morgan fingerprint density at radius 3 is 2.22 bits per heavy atom. The number of methoxy groups -OCH3 is 1. The standard InChI is InChI=1S/C25H19F4N3O3S/c1-11(2)13-6-9-16-15(10-13)31-24(35-16)12-4-7-14(8-5-12)30-25(36)32-23(33)17-18(26)20(28)22(34-3)21(29)19(17)27/h4-11H,1-3H3,(H2,30,32,33,36). The van der Waals surface area contributed by atoms with Crippen LogP contribution >= 0.6 is 12.2 Å². The monoisotopic (exact) mass is 517 g/mol. The second-order valence-electron chi connectivity index (χ2n) is 8.05. The van der Waals surface area contributed by atoms with Gasteiger partial charge >= 0.3 is 0 Å². The van der Waals surface area contributed by atoms with Gasteiger partial charge in [-0.05, 0) is 60.1 Å². The van der Waals surface area contributed by atoms with Gasteiger partial charge in [-0.15, -0.1) is 0 Å². The van der Waals surface area contributed by atoms with Crippen molar-refractivity contribution >= 4 is 40.0 Å². The molecule has 36 heavy (non-hydrogen) atoms. The summed E-state index contributed by atoms with van der Waals surface area (Å²) in [6, 6.07) is 12.4. The van der Waals surface area contributed by atoms with Gasteiger partial charge in [0.25, 0.3) is 5.91 Å². The Kier molecular flexibility index (Phi) is 6.93. The first-order chi connectivity index (χ1) is 17.1. The fourth-order valence-electron chi connectivity index (χ4n) is 3.44. The number of nitrogens with one attached hydrogen (secondary N) is 2. The second kappa shape index (κ2) is 9.94. The molecular formula is C25H19F4N3O3S. The topological polar surface area (TPSA) is 76.4 Å². The molecule has 3 aromatic carbocycles. The molecule has 0 bridgehead atoms. The number of fused-ring (bicyclic) bond motifs is 1. The van der Waals surface area contributed by atoms with Crippen LogP contribution in [0.3, 0.4) is 0 Å². The number of nitrogens with zero attached hydrogens (tertiary/aromatic N) is 1. The molecule has 11 heteroatoms. The Labute approximate surface area is 208 Å². The van der Waals surface area contributed by atoms with E-state index in [0.717, 1.165) is 18.2 Å². The van der Waals surface area contributed by atoms with E-state index in [1.54, 1.807) is 24.3 Å². The average Bonchev–Trinajstić information content (AvgIpc) is 3.27. The maximum atomic E-state index is 14.2. The van der Waals surface area contributed by atoms with Crippen molar-refractivity contribution in [2.24, 2.45) is 0 Å². The van der Waals surface area contributed by atoms with E-state index >= 15 is 0 Å². The lowest BCUT2D eigenvalue weighted by molar-refractivity contribution is 0.0966. The minimum Gasteiger partial charge on any atom is -0.491 e. The van der Waals surface area contributed by atoms with Crippen molar-refractivity contribution in [3.8, 4) is 17.2 Å². The summed E-state index contributed by atoms with van der Waals surface area (Å²) in [6.45, 7) is 4.17. The van der Waals surface area contributed by atoms with Crippen molar-refractivity contribution in [1.82, 2.24) is 10.3 Å². The predicted molar refractivity (Wildman–Crippen MR) is 130 cm³/mol. The number of hydrogen-bond donors (Lipinski definition) is 2. The molecule has 0 saturated heterocycles. The average molecular weight is 518 g/mol. The number of aromatic nitrogens is 1. The van der Waals surface area contributed by atoms with Crippen LogP contribution in [0, 0.1) is 23.3 Å². The maximum absolute atomic E-state index is 14.2. The van der Waals surface area contributed by atoms with Gasteiger partial charge in [-0.25, -0.2) is 13.8 Å². The predicted octanol–water partition coefficient (Wildman–Crippen LogP) is 6.31. The lowest BCUT2D eigenvalue weighted by Gasteiger charge is -2.13. The van der Waals surface area contributed by atoms with E-state index in [0.29, 0.717) is 28.6 Å². The Morgan fingerprint density at radius 1 is 1.00 bits per heavy atom. The van der Waals surface area contributed by atoms with Gasteiger partial charge in [0.2, 0.25) is 17.5 Å². The van der Waals surface area contributed by atoms with Crippen LogP contribution in [-0.4, -0.2) is 23.1 Å². The lowest BCUT2D eigenvalue weighted by atomic mass is 10.0. The summed E-state index contributed by atoms with van der Waals surface area (Å²) in [7, 11) is 0.831. The molecule has 6 nitrogen and oxygen atoms in total. The molecule has 0 aliphatic carbocycles. The van der Waals surface area contributed by atoms with Crippen LogP contribution in [-0.2, 0) is 0 Å². The van der Waals surface area contributed by atoms with Crippen LogP contribution in [0.15, 0.2) is 46.9 Å². The number of hydrogen-bond acceptors (Lipinski definition) is 5. The molecule has 4 rings (SSSR count). The molecule has 0 aliphatic rings. The zero-order chi connectivity index (χ0) is 26.1.